The molecule has 2 aromatic heterocycles. The monoisotopic (exact) mass is 666 g/mol. The van der Waals surface area contributed by atoms with Crippen molar-refractivity contribution in [3.05, 3.63) is 181 Å². The molecule has 2 heterocycles. The second-order valence-electron chi connectivity index (χ2n) is 14.2. The first-order valence-electron chi connectivity index (χ1n) is 17.8. The Morgan fingerprint density at radius 2 is 1.00 bits per heavy atom. The number of nitrogens with zero attached hydrogens (tertiary/aromatic N) is 2. The Kier molecular flexibility index (Phi) is 6.84. The van der Waals surface area contributed by atoms with Crippen molar-refractivity contribution in [1.29, 1.82) is 0 Å². The third-order valence-corrected chi connectivity index (χ3v) is 10.7. The zero-order valence-corrected chi connectivity index (χ0v) is 29.0. The number of benzene rings is 7. The van der Waals surface area contributed by atoms with Gasteiger partial charge in [-0.05, 0) is 63.2 Å². The molecule has 9 aromatic rings. The smallest absolute Gasteiger partial charge is 0.160 e. The molecular weight excluding hydrogens is 633 g/mol. The van der Waals surface area contributed by atoms with Gasteiger partial charge in [-0.3, -0.25) is 0 Å². The number of aromatic nitrogens is 2. The fourth-order valence-corrected chi connectivity index (χ4v) is 8.06. The summed E-state index contributed by atoms with van der Waals surface area (Å²) in [6, 6.07) is 60.0. The lowest BCUT2D eigenvalue weighted by Crippen LogP contribution is -2.15. The van der Waals surface area contributed by atoms with Gasteiger partial charge in [0.1, 0.15) is 11.2 Å². The van der Waals surface area contributed by atoms with Crippen LogP contribution >= 0.6 is 0 Å². The van der Waals surface area contributed by atoms with Crippen molar-refractivity contribution < 1.29 is 4.42 Å². The summed E-state index contributed by atoms with van der Waals surface area (Å²) < 4.78 is 6.62. The van der Waals surface area contributed by atoms with Gasteiger partial charge in [-0.15, -0.1) is 0 Å². The van der Waals surface area contributed by atoms with Crippen LogP contribution in [0.15, 0.2) is 174 Å². The van der Waals surface area contributed by atoms with E-state index in [-0.39, 0.29) is 5.41 Å². The molecule has 0 atom stereocenters. The molecule has 0 fully saturated rings. The molecule has 246 valence electrons. The van der Waals surface area contributed by atoms with Crippen molar-refractivity contribution in [2.75, 3.05) is 0 Å². The standard InChI is InChI=1S/C49H34N2O/c1-49(2)42-22-11-9-18-35(42)41-28-40(38-21-13-20-37-36-19-10-12-23-46(36)52-47(37)38)39(29-43(41)49)31-24-26-33(27-25-31)45-30-44(32-14-5-3-6-15-32)50-48(51-45)34-16-7-4-8-17-34/h3-30H,1-2H3. The van der Waals surface area contributed by atoms with Gasteiger partial charge in [0.15, 0.2) is 5.82 Å². The Morgan fingerprint density at radius 3 is 1.77 bits per heavy atom. The Morgan fingerprint density at radius 1 is 0.404 bits per heavy atom. The van der Waals surface area contributed by atoms with Crippen molar-refractivity contribution in [2.45, 2.75) is 19.3 Å². The number of para-hydroxylation sites is 2. The van der Waals surface area contributed by atoms with Crippen LogP contribution in [0.25, 0.3) is 89.2 Å². The first-order chi connectivity index (χ1) is 25.5. The Labute approximate surface area is 302 Å². The maximum Gasteiger partial charge on any atom is 0.160 e. The molecule has 3 heteroatoms. The zero-order chi connectivity index (χ0) is 34.8. The van der Waals surface area contributed by atoms with Crippen LogP contribution in [0.2, 0.25) is 0 Å². The molecule has 0 saturated heterocycles. The van der Waals surface area contributed by atoms with Gasteiger partial charge < -0.3 is 4.42 Å². The third kappa shape index (κ3) is 4.81. The fourth-order valence-electron chi connectivity index (χ4n) is 8.06. The fraction of sp³-hybridized carbons (Fsp3) is 0.0612. The summed E-state index contributed by atoms with van der Waals surface area (Å²) in [5.74, 6) is 0.711. The van der Waals surface area contributed by atoms with Crippen LogP contribution in [0.4, 0.5) is 0 Å². The summed E-state index contributed by atoms with van der Waals surface area (Å²) >= 11 is 0. The molecule has 0 unspecified atom stereocenters. The van der Waals surface area contributed by atoms with E-state index >= 15 is 0 Å². The molecule has 10 rings (SSSR count). The molecule has 1 aliphatic carbocycles. The molecule has 52 heavy (non-hydrogen) atoms. The van der Waals surface area contributed by atoms with Gasteiger partial charge in [0.25, 0.3) is 0 Å². The van der Waals surface area contributed by atoms with E-state index in [4.69, 9.17) is 14.4 Å². The van der Waals surface area contributed by atoms with E-state index in [2.05, 4.69) is 141 Å². The normalized spacial score (nSPS) is 13.0. The summed E-state index contributed by atoms with van der Waals surface area (Å²) in [4.78, 5) is 10.1. The highest BCUT2D eigenvalue weighted by molar-refractivity contribution is 6.11. The SMILES string of the molecule is CC1(C)c2ccccc2-c2cc(-c3cccc4c3oc3ccccc34)c(-c3ccc(-c4cc(-c5ccccc5)nc(-c5ccccc5)n4)cc3)cc21. The molecule has 0 bridgehead atoms. The molecular formula is C49H34N2O. The molecule has 7 aromatic carbocycles. The molecule has 0 radical (unpaired) electrons. The lowest BCUT2D eigenvalue weighted by molar-refractivity contribution is 0.660. The minimum Gasteiger partial charge on any atom is -0.455 e. The Balaban J connectivity index is 1.16. The van der Waals surface area contributed by atoms with E-state index in [1.54, 1.807) is 0 Å². The maximum atomic E-state index is 6.62. The average Bonchev–Trinajstić information content (AvgIpc) is 3.70. The van der Waals surface area contributed by atoms with E-state index in [0.717, 1.165) is 66.7 Å². The largest absolute Gasteiger partial charge is 0.455 e. The summed E-state index contributed by atoms with van der Waals surface area (Å²) in [7, 11) is 0. The molecule has 0 aliphatic heterocycles. The highest BCUT2D eigenvalue weighted by atomic mass is 16.3. The lowest BCUT2D eigenvalue weighted by atomic mass is 9.80. The zero-order valence-electron chi connectivity index (χ0n) is 29.0. The van der Waals surface area contributed by atoms with E-state index in [9.17, 15) is 0 Å². The van der Waals surface area contributed by atoms with Crippen LogP contribution in [0.1, 0.15) is 25.0 Å². The molecule has 1 aliphatic rings. The first-order valence-corrected chi connectivity index (χ1v) is 17.8. The second-order valence-corrected chi connectivity index (χ2v) is 14.2. The molecule has 3 nitrogen and oxygen atoms in total. The van der Waals surface area contributed by atoms with E-state index in [1.807, 2.05) is 42.5 Å². The topological polar surface area (TPSA) is 38.9 Å². The first kappa shape index (κ1) is 30.3. The summed E-state index contributed by atoms with van der Waals surface area (Å²) in [6.07, 6.45) is 0. The van der Waals surface area contributed by atoms with Crippen molar-refractivity contribution >= 4 is 21.9 Å². The second kappa shape index (κ2) is 11.8. The quantitative estimate of drug-likeness (QED) is 0.183. The predicted molar refractivity (Wildman–Crippen MR) is 214 cm³/mol. The molecule has 0 amide bonds. The molecule has 0 N–H and O–H groups in total. The number of hydrogen-bond acceptors (Lipinski definition) is 3. The minimum absolute atomic E-state index is 0.132. The van der Waals surface area contributed by atoms with Gasteiger partial charge in [-0.25, -0.2) is 9.97 Å². The van der Waals surface area contributed by atoms with Crippen molar-refractivity contribution in [2.24, 2.45) is 0 Å². The Bertz CT molecular complexity index is 2740. The predicted octanol–water partition coefficient (Wildman–Crippen LogP) is 13.0. The van der Waals surface area contributed by atoms with Gasteiger partial charge in [0.05, 0.1) is 11.4 Å². The van der Waals surface area contributed by atoms with Gasteiger partial charge >= 0.3 is 0 Å². The van der Waals surface area contributed by atoms with Gasteiger partial charge in [0, 0.05) is 38.4 Å². The van der Waals surface area contributed by atoms with Crippen LogP contribution in [-0.2, 0) is 5.41 Å². The van der Waals surface area contributed by atoms with Crippen LogP contribution in [-0.4, -0.2) is 9.97 Å². The van der Waals surface area contributed by atoms with E-state index in [0.29, 0.717) is 5.82 Å². The van der Waals surface area contributed by atoms with Crippen LogP contribution in [0, 0.1) is 0 Å². The van der Waals surface area contributed by atoms with Crippen LogP contribution < -0.4 is 0 Å². The van der Waals surface area contributed by atoms with Gasteiger partial charge in [0.2, 0.25) is 0 Å². The summed E-state index contributed by atoms with van der Waals surface area (Å²) in [5, 5.41) is 2.26. The summed E-state index contributed by atoms with van der Waals surface area (Å²) in [5.41, 5.74) is 16.4. The number of hydrogen-bond donors (Lipinski definition) is 0. The van der Waals surface area contributed by atoms with Crippen molar-refractivity contribution in [3.8, 4) is 67.3 Å². The van der Waals surface area contributed by atoms with Crippen LogP contribution in [0.3, 0.4) is 0 Å². The van der Waals surface area contributed by atoms with Crippen molar-refractivity contribution in [1.82, 2.24) is 9.97 Å². The van der Waals surface area contributed by atoms with Crippen molar-refractivity contribution in [3.63, 3.8) is 0 Å². The number of furan rings is 1. The highest BCUT2D eigenvalue weighted by Gasteiger charge is 2.36. The Hall–Kier alpha value is -6.58. The maximum absolute atomic E-state index is 6.62. The van der Waals surface area contributed by atoms with Crippen LogP contribution in [0.5, 0.6) is 0 Å². The molecule has 0 saturated carbocycles. The lowest BCUT2D eigenvalue weighted by Gasteiger charge is -2.23. The van der Waals surface area contributed by atoms with Gasteiger partial charge in [-0.2, -0.15) is 0 Å². The van der Waals surface area contributed by atoms with E-state index < -0.39 is 0 Å². The minimum atomic E-state index is -0.132. The highest BCUT2D eigenvalue weighted by Crippen LogP contribution is 2.52. The number of rotatable bonds is 5. The number of fused-ring (bicyclic) bond motifs is 6. The molecule has 0 spiro atoms. The van der Waals surface area contributed by atoms with Gasteiger partial charge in [-0.1, -0.05) is 159 Å². The third-order valence-electron chi connectivity index (χ3n) is 10.7. The average molecular weight is 667 g/mol. The van der Waals surface area contributed by atoms with E-state index in [1.165, 1.54) is 27.8 Å². The summed E-state index contributed by atoms with van der Waals surface area (Å²) in [6.45, 7) is 4.68.